The predicted octanol–water partition coefficient (Wildman–Crippen LogP) is 0.834. The molecule has 11 heavy (non-hydrogen) atoms. The summed E-state index contributed by atoms with van der Waals surface area (Å²) in [6.07, 6.45) is 5.62. The second-order valence-corrected chi connectivity index (χ2v) is 4.03. The Morgan fingerprint density at radius 3 is 2.82 bits per heavy atom. The van der Waals surface area contributed by atoms with E-state index in [0.717, 1.165) is 0 Å². The van der Waals surface area contributed by atoms with Gasteiger partial charge in [-0.05, 0) is 39.4 Å². The van der Waals surface area contributed by atoms with Crippen molar-refractivity contribution < 1.29 is 0 Å². The molecule has 0 radical (unpaired) electrons. The summed E-state index contributed by atoms with van der Waals surface area (Å²) >= 11 is 0. The van der Waals surface area contributed by atoms with E-state index >= 15 is 0 Å². The van der Waals surface area contributed by atoms with Gasteiger partial charge in [-0.15, -0.1) is 0 Å². The van der Waals surface area contributed by atoms with Crippen molar-refractivity contribution in [1.29, 1.82) is 0 Å². The zero-order valence-corrected chi connectivity index (χ0v) is 7.40. The number of hydrogen-bond acceptors (Lipinski definition) is 2. The van der Waals surface area contributed by atoms with Crippen molar-refractivity contribution in [3.8, 4) is 0 Å². The van der Waals surface area contributed by atoms with Crippen molar-refractivity contribution in [3.63, 3.8) is 0 Å². The molecule has 0 saturated carbocycles. The Hall–Kier alpha value is -0.0800. The Morgan fingerprint density at radius 2 is 2.18 bits per heavy atom. The molecule has 64 valence electrons. The molecular formula is C9H18N2. The average molecular weight is 154 g/mol. The van der Waals surface area contributed by atoms with E-state index in [1.165, 1.54) is 45.3 Å². The van der Waals surface area contributed by atoms with Crippen LogP contribution in [0.25, 0.3) is 0 Å². The lowest BCUT2D eigenvalue weighted by atomic mass is 9.86. The standard InChI is InChI=1S/C9H18N2/c1-11-7-3-2-4-9(11)5-6-10-8-9/h10H,2-8H2,1H3/t9-/m0/s1. The molecule has 0 aromatic rings. The zero-order chi connectivity index (χ0) is 7.73. The van der Waals surface area contributed by atoms with Gasteiger partial charge in [0.05, 0.1) is 0 Å². The van der Waals surface area contributed by atoms with E-state index < -0.39 is 0 Å². The number of nitrogens with one attached hydrogen (secondary N) is 1. The molecule has 0 amide bonds. The molecular weight excluding hydrogens is 136 g/mol. The van der Waals surface area contributed by atoms with E-state index in [1.807, 2.05) is 0 Å². The van der Waals surface area contributed by atoms with Crippen LogP contribution in [0.5, 0.6) is 0 Å². The minimum atomic E-state index is 0.554. The monoisotopic (exact) mass is 154 g/mol. The van der Waals surface area contributed by atoms with Crippen LogP contribution in [-0.2, 0) is 0 Å². The van der Waals surface area contributed by atoms with E-state index in [-0.39, 0.29) is 0 Å². The lowest BCUT2D eigenvalue weighted by Crippen LogP contribution is -2.50. The SMILES string of the molecule is CN1CCCC[C@@]12CCNC2. The number of likely N-dealkylation sites (N-methyl/N-ethyl adjacent to an activating group) is 1. The molecule has 1 atom stereocenters. The molecule has 1 spiro atoms. The van der Waals surface area contributed by atoms with Crippen LogP contribution in [0.3, 0.4) is 0 Å². The lowest BCUT2D eigenvalue weighted by molar-refractivity contribution is 0.0911. The van der Waals surface area contributed by atoms with Gasteiger partial charge in [-0.2, -0.15) is 0 Å². The van der Waals surface area contributed by atoms with Crippen LogP contribution >= 0.6 is 0 Å². The van der Waals surface area contributed by atoms with Crippen molar-refractivity contribution in [2.75, 3.05) is 26.7 Å². The first-order valence-electron chi connectivity index (χ1n) is 4.75. The number of hydrogen-bond donors (Lipinski definition) is 1. The van der Waals surface area contributed by atoms with Gasteiger partial charge < -0.3 is 5.32 Å². The van der Waals surface area contributed by atoms with Crippen molar-refractivity contribution in [2.45, 2.75) is 31.2 Å². The molecule has 1 N–H and O–H groups in total. The summed E-state index contributed by atoms with van der Waals surface area (Å²) in [5.41, 5.74) is 0.554. The number of rotatable bonds is 0. The molecule has 2 heterocycles. The maximum atomic E-state index is 3.47. The third-order valence-electron chi connectivity index (χ3n) is 3.42. The highest BCUT2D eigenvalue weighted by atomic mass is 15.2. The summed E-state index contributed by atoms with van der Waals surface area (Å²) in [7, 11) is 2.28. The summed E-state index contributed by atoms with van der Waals surface area (Å²) < 4.78 is 0. The maximum Gasteiger partial charge on any atom is 0.0342 e. The van der Waals surface area contributed by atoms with Crippen LogP contribution in [0, 0.1) is 0 Å². The highest BCUT2D eigenvalue weighted by molar-refractivity contribution is 4.98. The first-order chi connectivity index (χ1) is 5.33. The van der Waals surface area contributed by atoms with Gasteiger partial charge in [0.1, 0.15) is 0 Å². The van der Waals surface area contributed by atoms with E-state index in [4.69, 9.17) is 0 Å². The van der Waals surface area contributed by atoms with Crippen molar-refractivity contribution in [2.24, 2.45) is 0 Å². The summed E-state index contributed by atoms with van der Waals surface area (Å²) in [4.78, 5) is 2.57. The molecule has 2 fully saturated rings. The predicted molar refractivity (Wildman–Crippen MR) is 46.7 cm³/mol. The lowest BCUT2D eigenvalue weighted by Gasteiger charge is -2.42. The smallest absolute Gasteiger partial charge is 0.0342 e. The Kier molecular flexibility index (Phi) is 1.90. The van der Waals surface area contributed by atoms with E-state index in [0.29, 0.717) is 5.54 Å². The second-order valence-electron chi connectivity index (χ2n) is 4.03. The van der Waals surface area contributed by atoms with Gasteiger partial charge in [-0.1, -0.05) is 6.42 Å². The van der Waals surface area contributed by atoms with Crippen LogP contribution in [0.2, 0.25) is 0 Å². The van der Waals surface area contributed by atoms with Crippen LogP contribution in [-0.4, -0.2) is 37.1 Å². The molecule has 2 saturated heterocycles. The highest BCUT2D eigenvalue weighted by Gasteiger charge is 2.38. The molecule has 0 aromatic carbocycles. The van der Waals surface area contributed by atoms with Crippen molar-refractivity contribution in [1.82, 2.24) is 10.2 Å². The van der Waals surface area contributed by atoms with Crippen LogP contribution < -0.4 is 5.32 Å². The Morgan fingerprint density at radius 1 is 1.27 bits per heavy atom. The normalized spacial score (nSPS) is 40.1. The number of likely N-dealkylation sites (tertiary alicyclic amines) is 1. The van der Waals surface area contributed by atoms with Crippen molar-refractivity contribution in [3.05, 3.63) is 0 Å². The van der Waals surface area contributed by atoms with E-state index in [1.54, 1.807) is 0 Å². The van der Waals surface area contributed by atoms with E-state index in [2.05, 4.69) is 17.3 Å². The first kappa shape index (κ1) is 7.56. The summed E-state index contributed by atoms with van der Waals surface area (Å²) in [5, 5.41) is 3.47. The van der Waals surface area contributed by atoms with Gasteiger partial charge in [0.2, 0.25) is 0 Å². The minimum Gasteiger partial charge on any atom is -0.315 e. The Bertz CT molecular complexity index is 138. The van der Waals surface area contributed by atoms with Crippen LogP contribution in [0.1, 0.15) is 25.7 Å². The second kappa shape index (κ2) is 2.76. The molecule has 2 aliphatic rings. The summed E-state index contributed by atoms with van der Waals surface area (Å²) in [6, 6.07) is 0. The molecule has 0 bridgehead atoms. The van der Waals surface area contributed by atoms with Crippen LogP contribution in [0.4, 0.5) is 0 Å². The fourth-order valence-corrected chi connectivity index (χ4v) is 2.50. The van der Waals surface area contributed by atoms with Gasteiger partial charge in [-0.25, -0.2) is 0 Å². The van der Waals surface area contributed by atoms with E-state index in [9.17, 15) is 0 Å². The fourth-order valence-electron chi connectivity index (χ4n) is 2.50. The zero-order valence-electron chi connectivity index (χ0n) is 7.40. The molecule has 0 aliphatic carbocycles. The third-order valence-corrected chi connectivity index (χ3v) is 3.42. The number of nitrogens with zero attached hydrogens (tertiary/aromatic N) is 1. The number of piperidine rings is 1. The van der Waals surface area contributed by atoms with Crippen molar-refractivity contribution >= 4 is 0 Å². The molecule has 0 aromatic heterocycles. The summed E-state index contributed by atoms with van der Waals surface area (Å²) in [5.74, 6) is 0. The molecule has 2 aliphatic heterocycles. The topological polar surface area (TPSA) is 15.3 Å². The van der Waals surface area contributed by atoms with Gasteiger partial charge in [0.15, 0.2) is 0 Å². The summed E-state index contributed by atoms with van der Waals surface area (Å²) in [6.45, 7) is 3.76. The molecule has 2 rings (SSSR count). The quantitative estimate of drug-likeness (QED) is 0.556. The Balaban J connectivity index is 2.07. The van der Waals surface area contributed by atoms with Gasteiger partial charge >= 0.3 is 0 Å². The average Bonchev–Trinajstić information content (AvgIpc) is 2.46. The molecule has 2 nitrogen and oxygen atoms in total. The fraction of sp³-hybridized carbons (Fsp3) is 1.00. The largest absolute Gasteiger partial charge is 0.315 e. The molecule has 2 heteroatoms. The third kappa shape index (κ3) is 1.18. The highest BCUT2D eigenvalue weighted by Crippen LogP contribution is 2.31. The van der Waals surface area contributed by atoms with Crippen LogP contribution in [0.15, 0.2) is 0 Å². The van der Waals surface area contributed by atoms with Gasteiger partial charge in [-0.3, -0.25) is 4.90 Å². The minimum absolute atomic E-state index is 0.554. The molecule has 0 unspecified atom stereocenters. The Labute approximate surface area is 69.0 Å². The van der Waals surface area contributed by atoms with Gasteiger partial charge in [0.25, 0.3) is 0 Å². The maximum absolute atomic E-state index is 3.47. The first-order valence-corrected chi connectivity index (χ1v) is 4.75. The van der Waals surface area contributed by atoms with Gasteiger partial charge in [0, 0.05) is 12.1 Å².